The molecule has 0 atom stereocenters. The number of anilines is 12. The van der Waals surface area contributed by atoms with Gasteiger partial charge >= 0.3 is 0 Å². The molecule has 0 unspecified atom stereocenters. The summed E-state index contributed by atoms with van der Waals surface area (Å²) in [5.74, 6) is 1.64. The molecule has 9 heteroatoms. The van der Waals surface area contributed by atoms with Crippen molar-refractivity contribution in [1.82, 2.24) is 4.57 Å². The summed E-state index contributed by atoms with van der Waals surface area (Å²) in [7, 11) is 0. The van der Waals surface area contributed by atoms with E-state index in [-0.39, 0.29) is 13.4 Å². The summed E-state index contributed by atoms with van der Waals surface area (Å²) in [5.41, 5.74) is 28.0. The van der Waals surface area contributed by atoms with Gasteiger partial charge in [0.05, 0.1) is 16.7 Å². The second kappa shape index (κ2) is 23.2. The van der Waals surface area contributed by atoms with E-state index in [0.717, 1.165) is 134 Å². The molecule has 0 radical (unpaired) electrons. The SMILES string of the molecule is c1ccc(-c2ccc3c(c2)c2cc(-c4ccccc4)ccc2n3-c2c3c(cc4c2Sc2cc(N(c5ccccc5)c5ccccc5)cc5c2B4c2ccccc2N5c2ccccc2)B2c4ccccc4N(c4ccccc4)c4cc(N(c5ccccc5)c5ccccc5)cc(c42)O3)cc1. The van der Waals surface area contributed by atoms with Crippen molar-refractivity contribution in [3.8, 4) is 39.4 Å². The Balaban J connectivity index is 0.928. The molecule has 0 bridgehead atoms. The molecule has 4 aliphatic heterocycles. The van der Waals surface area contributed by atoms with Crippen molar-refractivity contribution in [2.45, 2.75) is 9.79 Å². The molecule has 0 amide bonds. The molecular formula is C90H59B2N5OS. The van der Waals surface area contributed by atoms with Crippen molar-refractivity contribution in [2.75, 3.05) is 19.6 Å². The van der Waals surface area contributed by atoms with Crippen LogP contribution in [0.1, 0.15) is 0 Å². The van der Waals surface area contributed by atoms with Crippen LogP contribution in [0.5, 0.6) is 11.5 Å². The number of fused-ring (bicyclic) bond motifs is 11. The molecule has 462 valence electrons. The number of para-hydroxylation sites is 8. The van der Waals surface area contributed by atoms with Gasteiger partial charge in [0, 0.05) is 89.2 Å². The first-order valence-corrected chi connectivity index (χ1v) is 34.8. The van der Waals surface area contributed by atoms with Gasteiger partial charge in [0.2, 0.25) is 6.71 Å². The van der Waals surface area contributed by atoms with Crippen LogP contribution in [-0.2, 0) is 0 Å². The minimum Gasteiger partial charge on any atom is -0.456 e. The highest BCUT2D eigenvalue weighted by molar-refractivity contribution is 8.00. The summed E-state index contributed by atoms with van der Waals surface area (Å²) >= 11 is 1.88. The first kappa shape index (κ1) is 56.9. The first-order chi connectivity index (χ1) is 49.1. The van der Waals surface area contributed by atoms with E-state index in [1.165, 1.54) is 37.9 Å². The standard InChI is InChI=1S/C90H59B2N5OS/c1-9-29-60(30-10-1)62-49-51-78-72(53-62)73-54-63(61-31-11-2-12-32-61)50-52-79(73)97(78)88-89-76(91-74-45-25-27-47-80(74)95(68-41-21-7-22-42-68)82-55-70(57-84(98-89)86(82)91)93(64-33-13-3-14-34-64)65-35-15-4-16-36-65)59-77-90(88)99-85-58-71(94(66-37-17-5-18-38-66)67-39-19-6-20-40-67)56-83-87(85)92(77)75-46-26-28-48-81(75)96(83)69-43-23-8-24-44-69/h1-59H. The number of hydrogen-bond acceptors (Lipinski definition) is 6. The highest BCUT2D eigenvalue weighted by Gasteiger charge is 2.49. The summed E-state index contributed by atoms with van der Waals surface area (Å²) < 4.78 is 10.9. The molecule has 6 nitrogen and oxygen atoms in total. The summed E-state index contributed by atoms with van der Waals surface area (Å²) in [5, 5.41) is 2.32. The van der Waals surface area contributed by atoms with Crippen molar-refractivity contribution >= 4 is 148 Å². The number of rotatable bonds is 11. The van der Waals surface area contributed by atoms with Gasteiger partial charge in [-0.15, -0.1) is 0 Å². The topological polar surface area (TPSA) is 27.1 Å². The fourth-order valence-electron chi connectivity index (χ4n) is 16.2. The van der Waals surface area contributed by atoms with Crippen LogP contribution in [0.25, 0.3) is 49.7 Å². The van der Waals surface area contributed by atoms with Crippen LogP contribution in [0.15, 0.2) is 368 Å². The third kappa shape index (κ3) is 9.15. The molecule has 0 fully saturated rings. The Morgan fingerprint density at radius 2 is 0.687 bits per heavy atom. The molecule has 5 heterocycles. The van der Waals surface area contributed by atoms with Crippen molar-refractivity contribution in [3.05, 3.63) is 358 Å². The highest BCUT2D eigenvalue weighted by atomic mass is 32.2. The number of aromatic nitrogens is 1. The van der Waals surface area contributed by atoms with E-state index >= 15 is 0 Å². The molecule has 0 saturated carbocycles. The lowest BCUT2D eigenvalue weighted by atomic mass is 9.31. The van der Waals surface area contributed by atoms with Crippen LogP contribution in [0.3, 0.4) is 0 Å². The summed E-state index contributed by atoms with van der Waals surface area (Å²) in [6.45, 7) is -0.478. The molecule has 99 heavy (non-hydrogen) atoms. The molecule has 20 rings (SSSR count). The molecule has 0 aliphatic carbocycles. The zero-order chi connectivity index (χ0) is 65.1. The third-order valence-electron chi connectivity index (χ3n) is 20.4. The Labute approximate surface area is 580 Å². The molecular weight excluding hydrogens is 1220 g/mol. The van der Waals surface area contributed by atoms with E-state index in [1.807, 2.05) is 11.8 Å². The van der Waals surface area contributed by atoms with E-state index in [0.29, 0.717) is 0 Å². The van der Waals surface area contributed by atoms with Crippen molar-refractivity contribution in [1.29, 1.82) is 0 Å². The fraction of sp³-hybridized carbons (Fsp3) is 0. The quantitative estimate of drug-likeness (QED) is 0.120. The van der Waals surface area contributed by atoms with Crippen LogP contribution >= 0.6 is 11.8 Å². The number of nitrogens with zero attached hydrogens (tertiary/aromatic N) is 5. The van der Waals surface area contributed by atoms with Gasteiger partial charge in [-0.1, -0.05) is 242 Å². The number of benzene rings is 15. The number of ether oxygens (including phenoxy) is 1. The first-order valence-electron chi connectivity index (χ1n) is 34.0. The Morgan fingerprint density at radius 3 is 1.15 bits per heavy atom. The lowest BCUT2D eigenvalue weighted by Gasteiger charge is -2.44. The van der Waals surface area contributed by atoms with Crippen molar-refractivity contribution in [3.63, 3.8) is 0 Å². The highest BCUT2D eigenvalue weighted by Crippen LogP contribution is 2.53. The Bertz CT molecular complexity index is 5400. The molecule has 0 N–H and O–H groups in total. The number of hydrogen-bond donors (Lipinski definition) is 0. The zero-order valence-electron chi connectivity index (χ0n) is 53.8. The second-order valence-corrected chi connectivity index (χ2v) is 26.9. The monoisotopic (exact) mass is 1280 g/mol. The van der Waals surface area contributed by atoms with Crippen LogP contribution in [0, 0.1) is 0 Å². The normalized spacial score (nSPS) is 12.8. The predicted molar refractivity (Wildman–Crippen MR) is 417 cm³/mol. The molecule has 16 aromatic rings. The third-order valence-corrected chi connectivity index (χ3v) is 21.6. The van der Waals surface area contributed by atoms with Gasteiger partial charge < -0.3 is 28.9 Å². The second-order valence-electron chi connectivity index (χ2n) is 25.9. The van der Waals surface area contributed by atoms with Gasteiger partial charge in [-0.3, -0.25) is 0 Å². The van der Waals surface area contributed by atoms with E-state index in [4.69, 9.17) is 4.74 Å². The smallest absolute Gasteiger partial charge is 0.256 e. The Hall–Kier alpha value is -12.4. The van der Waals surface area contributed by atoms with Crippen molar-refractivity contribution < 1.29 is 4.74 Å². The van der Waals surface area contributed by atoms with Crippen LogP contribution in [0.2, 0.25) is 0 Å². The van der Waals surface area contributed by atoms with E-state index in [9.17, 15) is 0 Å². The molecule has 4 aliphatic rings. The van der Waals surface area contributed by atoms with Crippen LogP contribution in [0.4, 0.5) is 68.2 Å². The summed E-state index contributed by atoms with van der Waals surface area (Å²) in [6, 6.07) is 131. The average Bonchev–Trinajstić information content (AvgIpc) is 1.55. The predicted octanol–water partition coefficient (Wildman–Crippen LogP) is 20.2. The minimum atomic E-state index is -0.268. The lowest BCUT2D eigenvalue weighted by molar-refractivity contribution is 0.484. The van der Waals surface area contributed by atoms with Gasteiger partial charge in [-0.25, -0.2) is 0 Å². The molecule has 0 spiro atoms. The maximum atomic E-state index is 8.30. The fourth-order valence-corrected chi connectivity index (χ4v) is 17.5. The Morgan fingerprint density at radius 1 is 0.293 bits per heavy atom. The van der Waals surface area contributed by atoms with Gasteiger partial charge in [-0.2, -0.15) is 0 Å². The maximum absolute atomic E-state index is 8.30. The molecule has 1 aromatic heterocycles. The van der Waals surface area contributed by atoms with E-state index in [1.54, 1.807) is 0 Å². The lowest BCUT2D eigenvalue weighted by Crippen LogP contribution is -2.63. The van der Waals surface area contributed by atoms with Gasteiger partial charge in [0.15, 0.2) is 0 Å². The van der Waals surface area contributed by atoms with E-state index < -0.39 is 0 Å². The molecule has 0 saturated heterocycles. The van der Waals surface area contributed by atoms with Gasteiger partial charge in [0.1, 0.15) is 17.2 Å². The van der Waals surface area contributed by atoms with E-state index in [2.05, 4.69) is 382 Å². The maximum Gasteiger partial charge on any atom is 0.256 e. The van der Waals surface area contributed by atoms with Crippen molar-refractivity contribution in [2.24, 2.45) is 0 Å². The zero-order valence-corrected chi connectivity index (χ0v) is 54.6. The molecule has 15 aromatic carbocycles. The average molecular weight is 1280 g/mol. The minimum absolute atomic E-state index is 0.210. The van der Waals surface area contributed by atoms with Crippen LogP contribution in [-0.4, -0.2) is 18.0 Å². The van der Waals surface area contributed by atoms with Crippen LogP contribution < -0.4 is 57.1 Å². The largest absolute Gasteiger partial charge is 0.456 e. The summed E-state index contributed by atoms with van der Waals surface area (Å²) in [4.78, 5) is 12.1. The van der Waals surface area contributed by atoms with Gasteiger partial charge in [-0.05, 0) is 177 Å². The van der Waals surface area contributed by atoms with Gasteiger partial charge in [0.25, 0.3) is 6.71 Å². The Kier molecular flexibility index (Phi) is 13.3. The summed E-state index contributed by atoms with van der Waals surface area (Å²) in [6.07, 6.45) is 0.